The molecule has 1 heterocycles. The van der Waals surface area contributed by atoms with Crippen molar-refractivity contribution in [2.75, 3.05) is 13.2 Å². The Bertz CT molecular complexity index is 445. The number of hydrogen-bond acceptors (Lipinski definition) is 2. The molecule has 0 saturated carbocycles. The molecule has 0 aromatic heterocycles. The van der Waals surface area contributed by atoms with E-state index in [4.69, 9.17) is 16.3 Å². The van der Waals surface area contributed by atoms with Crippen LogP contribution in [0.1, 0.15) is 25.8 Å². The Morgan fingerprint density at radius 1 is 1.44 bits per heavy atom. The van der Waals surface area contributed by atoms with E-state index in [1.54, 1.807) is 6.07 Å². The number of rotatable bonds is 3. The van der Waals surface area contributed by atoms with E-state index >= 15 is 0 Å². The Morgan fingerprint density at radius 3 is 2.94 bits per heavy atom. The molecule has 1 amide bonds. The number of carbonyl (C=O) groups is 1. The smallest absolute Gasteiger partial charge is 0.260 e. The zero-order chi connectivity index (χ0) is 13.1. The van der Waals surface area contributed by atoms with Gasteiger partial charge in [0, 0.05) is 23.7 Å². The van der Waals surface area contributed by atoms with Gasteiger partial charge in [-0.05, 0) is 30.5 Å². The molecule has 0 aliphatic carbocycles. The molecule has 0 fully saturated rings. The maximum Gasteiger partial charge on any atom is 0.260 e. The fourth-order valence-corrected chi connectivity index (χ4v) is 2.15. The molecule has 0 spiro atoms. The van der Waals surface area contributed by atoms with Crippen molar-refractivity contribution in [3.63, 3.8) is 0 Å². The Kier molecular flexibility index (Phi) is 4.12. The first-order valence-corrected chi connectivity index (χ1v) is 6.63. The molecule has 3 nitrogen and oxygen atoms in total. The Morgan fingerprint density at radius 2 is 2.22 bits per heavy atom. The second-order valence-corrected chi connectivity index (χ2v) is 5.47. The van der Waals surface area contributed by atoms with Crippen LogP contribution in [0, 0.1) is 5.92 Å². The summed E-state index contributed by atoms with van der Waals surface area (Å²) in [6.45, 7) is 5.78. The van der Waals surface area contributed by atoms with Crippen LogP contribution in [-0.2, 0) is 11.3 Å². The Labute approximate surface area is 113 Å². The first-order chi connectivity index (χ1) is 8.56. The largest absolute Gasteiger partial charge is 0.483 e. The van der Waals surface area contributed by atoms with Crippen molar-refractivity contribution < 1.29 is 9.53 Å². The molecule has 0 saturated heterocycles. The van der Waals surface area contributed by atoms with E-state index < -0.39 is 0 Å². The van der Waals surface area contributed by atoms with Gasteiger partial charge in [0.05, 0.1) is 0 Å². The molecule has 1 aromatic carbocycles. The molecule has 0 radical (unpaired) electrons. The summed E-state index contributed by atoms with van der Waals surface area (Å²) in [5.74, 6) is 1.39. The highest BCUT2D eigenvalue weighted by atomic mass is 35.5. The minimum atomic E-state index is 0.0444. The SMILES string of the molecule is CC(C)CCN1Cc2cc(Cl)ccc2OCC1=O. The molecule has 18 heavy (non-hydrogen) atoms. The van der Waals surface area contributed by atoms with E-state index in [1.807, 2.05) is 17.0 Å². The van der Waals surface area contributed by atoms with Gasteiger partial charge >= 0.3 is 0 Å². The van der Waals surface area contributed by atoms with Gasteiger partial charge in [0.25, 0.3) is 5.91 Å². The normalized spacial score (nSPS) is 15.3. The zero-order valence-corrected chi connectivity index (χ0v) is 11.5. The van der Waals surface area contributed by atoms with Crippen LogP contribution in [0.4, 0.5) is 0 Å². The first-order valence-electron chi connectivity index (χ1n) is 6.25. The summed E-state index contributed by atoms with van der Waals surface area (Å²) in [5.41, 5.74) is 0.983. The highest BCUT2D eigenvalue weighted by Gasteiger charge is 2.21. The molecular formula is C14H18ClNO2. The van der Waals surface area contributed by atoms with Crippen LogP contribution in [-0.4, -0.2) is 24.0 Å². The lowest BCUT2D eigenvalue weighted by atomic mass is 10.1. The van der Waals surface area contributed by atoms with Gasteiger partial charge in [-0.25, -0.2) is 0 Å². The van der Waals surface area contributed by atoms with Crippen LogP contribution in [0.25, 0.3) is 0 Å². The third-order valence-electron chi connectivity index (χ3n) is 3.06. The zero-order valence-electron chi connectivity index (χ0n) is 10.8. The average Bonchev–Trinajstić information content (AvgIpc) is 2.46. The molecule has 1 aliphatic rings. The first kappa shape index (κ1) is 13.2. The van der Waals surface area contributed by atoms with Crippen molar-refractivity contribution in [2.45, 2.75) is 26.8 Å². The van der Waals surface area contributed by atoms with Crippen LogP contribution >= 0.6 is 11.6 Å². The summed E-state index contributed by atoms with van der Waals surface area (Å²) in [4.78, 5) is 13.8. The van der Waals surface area contributed by atoms with Crippen LogP contribution in [0.5, 0.6) is 5.75 Å². The molecule has 1 aromatic rings. The van der Waals surface area contributed by atoms with E-state index in [2.05, 4.69) is 13.8 Å². The fraction of sp³-hybridized carbons (Fsp3) is 0.500. The number of halogens is 1. The van der Waals surface area contributed by atoms with Crippen molar-refractivity contribution in [3.8, 4) is 5.75 Å². The van der Waals surface area contributed by atoms with E-state index in [-0.39, 0.29) is 12.5 Å². The minimum absolute atomic E-state index is 0.0444. The lowest BCUT2D eigenvalue weighted by Gasteiger charge is -2.21. The number of carbonyl (C=O) groups excluding carboxylic acids is 1. The van der Waals surface area contributed by atoms with Crippen LogP contribution in [0.3, 0.4) is 0 Å². The molecule has 98 valence electrons. The van der Waals surface area contributed by atoms with Gasteiger partial charge in [0.1, 0.15) is 5.75 Å². The van der Waals surface area contributed by atoms with Gasteiger partial charge in [-0.2, -0.15) is 0 Å². The van der Waals surface area contributed by atoms with Crippen molar-refractivity contribution in [2.24, 2.45) is 5.92 Å². The van der Waals surface area contributed by atoms with Crippen LogP contribution < -0.4 is 4.74 Å². The van der Waals surface area contributed by atoms with Gasteiger partial charge in [0.15, 0.2) is 6.61 Å². The number of ether oxygens (including phenoxy) is 1. The molecule has 1 aliphatic heterocycles. The summed E-state index contributed by atoms with van der Waals surface area (Å²) in [5, 5.41) is 0.676. The highest BCUT2D eigenvalue weighted by Crippen LogP contribution is 2.26. The van der Waals surface area contributed by atoms with Crippen LogP contribution in [0.15, 0.2) is 18.2 Å². The summed E-state index contributed by atoms with van der Waals surface area (Å²) < 4.78 is 5.50. The van der Waals surface area contributed by atoms with Crippen molar-refractivity contribution in [1.82, 2.24) is 4.90 Å². The topological polar surface area (TPSA) is 29.5 Å². The van der Waals surface area contributed by atoms with E-state index in [9.17, 15) is 4.79 Å². The van der Waals surface area contributed by atoms with Gasteiger partial charge in [-0.1, -0.05) is 25.4 Å². The van der Waals surface area contributed by atoms with Crippen LogP contribution in [0.2, 0.25) is 5.02 Å². The predicted octanol–water partition coefficient (Wildman–Crippen LogP) is 3.11. The monoisotopic (exact) mass is 267 g/mol. The van der Waals surface area contributed by atoms with Gasteiger partial charge in [0.2, 0.25) is 0 Å². The molecule has 4 heteroatoms. The summed E-state index contributed by atoms with van der Waals surface area (Å²) in [6.07, 6.45) is 1.00. The predicted molar refractivity (Wildman–Crippen MR) is 71.8 cm³/mol. The highest BCUT2D eigenvalue weighted by molar-refractivity contribution is 6.30. The quantitative estimate of drug-likeness (QED) is 0.842. The third-order valence-corrected chi connectivity index (χ3v) is 3.30. The van der Waals surface area contributed by atoms with Gasteiger partial charge in [-0.3, -0.25) is 4.79 Å². The molecule has 2 rings (SSSR count). The van der Waals surface area contributed by atoms with Crippen molar-refractivity contribution in [3.05, 3.63) is 28.8 Å². The average molecular weight is 268 g/mol. The third kappa shape index (κ3) is 3.16. The van der Waals surface area contributed by atoms with E-state index in [0.717, 1.165) is 24.3 Å². The molecular weight excluding hydrogens is 250 g/mol. The van der Waals surface area contributed by atoms with Gasteiger partial charge in [-0.15, -0.1) is 0 Å². The molecule has 0 bridgehead atoms. The summed E-state index contributed by atoms with van der Waals surface area (Å²) >= 11 is 5.98. The number of fused-ring (bicyclic) bond motifs is 1. The lowest BCUT2D eigenvalue weighted by Crippen LogP contribution is -2.33. The molecule has 0 N–H and O–H groups in total. The number of hydrogen-bond donors (Lipinski definition) is 0. The number of benzene rings is 1. The molecule has 0 unspecified atom stereocenters. The van der Waals surface area contributed by atoms with Gasteiger partial charge < -0.3 is 9.64 Å². The lowest BCUT2D eigenvalue weighted by molar-refractivity contribution is -0.133. The Balaban J connectivity index is 2.15. The second-order valence-electron chi connectivity index (χ2n) is 5.04. The van der Waals surface area contributed by atoms with Crippen molar-refractivity contribution >= 4 is 17.5 Å². The molecule has 0 atom stereocenters. The Hall–Kier alpha value is -1.22. The standard InChI is InChI=1S/C14H18ClNO2/c1-10(2)5-6-16-8-11-7-12(15)3-4-13(11)18-9-14(16)17/h3-4,7,10H,5-6,8-9H2,1-2H3. The minimum Gasteiger partial charge on any atom is -0.483 e. The van der Waals surface area contributed by atoms with Crippen molar-refractivity contribution in [1.29, 1.82) is 0 Å². The fourth-order valence-electron chi connectivity index (χ4n) is 1.95. The summed E-state index contributed by atoms with van der Waals surface area (Å²) in [6, 6.07) is 5.49. The maximum atomic E-state index is 11.9. The number of amides is 1. The second kappa shape index (κ2) is 5.61. The van der Waals surface area contributed by atoms with E-state index in [1.165, 1.54) is 0 Å². The maximum absolute atomic E-state index is 11.9. The summed E-state index contributed by atoms with van der Waals surface area (Å²) in [7, 11) is 0. The number of nitrogens with zero attached hydrogens (tertiary/aromatic N) is 1. The van der Waals surface area contributed by atoms with E-state index in [0.29, 0.717) is 17.5 Å².